The SMILES string of the molecule is CCC1(C(C)(N)C(F)F)CCC1. The third-order valence-electron chi connectivity index (χ3n) is 3.58. The van der Waals surface area contributed by atoms with Gasteiger partial charge in [0.2, 0.25) is 0 Å². The minimum absolute atomic E-state index is 0.291. The third kappa shape index (κ3) is 1.15. The molecule has 0 aromatic rings. The molecular formula is C9H17F2N. The number of alkyl halides is 2. The summed E-state index contributed by atoms with van der Waals surface area (Å²) in [7, 11) is 0. The van der Waals surface area contributed by atoms with E-state index in [0.29, 0.717) is 0 Å². The van der Waals surface area contributed by atoms with Crippen LogP contribution >= 0.6 is 0 Å². The average Bonchev–Trinajstić information content (AvgIpc) is 1.85. The van der Waals surface area contributed by atoms with E-state index in [-0.39, 0.29) is 5.41 Å². The van der Waals surface area contributed by atoms with Crippen LogP contribution in [0.4, 0.5) is 8.78 Å². The summed E-state index contributed by atoms with van der Waals surface area (Å²) < 4.78 is 25.2. The van der Waals surface area contributed by atoms with Crippen LogP contribution in [0.3, 0.4) is 0 Å². The summed E-state index contributed by atoms with van der Waals surface area (Å²) in [6.07, 6.45) is 1.14. The largest absolute Gasteiger partial charge is 0.320 e. The Morgan fingerprint density at radius 2 is 2.00 bits per heavy atom. The quantitative estimate of drug-likeness (QED) is 0.704. The van der Waals surface area contributed by atoms with Gasteiger partial charge in [-0.15, -0.1) is 0 Å². The van der Waals surface area contributed by atoms with Crippen molar-refractivity contribution < 1.29 is 8.78 Å². The Morgan fingerprint density at radius 3 is 2.08 bits per heavy atom. The zero-order valence-corrected chi connectivity index (χ0v) is 7.74. The monoisotopic (exact) mass is 177 g/mol. The van der Waals surface area contributed by atoms with Gasteiger partial charge in [0.15, 0.2) is 0 Å². The normalized spacial score (nSPS) is 26.5. The van der Waals surface area contributed by atoms with E-state index in [1.807, 2.05) is 6.92 Å². The van der Waals surface area contributed by atoms with Crippen LogP contribution in [-0.2, 0) is 0 Å². The van der Waals surface area contributed by atoms with E-state index < -0.39 is 12.0 Å². The van der Waals surface area contributed by atoms with Crippen molar-refractivity contribution in [3.05, 3.63) is 0 Å². The van der Waals surface area contributed by atoms with Crippen molar-refractivity contribution in [1.82, 2.24) is 0 Å². The Balaban J connectivity index is 2.77. The lowest BCUT2D eigenvalue weighted by Gasteiger charge is -2.52. The van der Waals surface area contributed by atoms with E-state index in [4.69, 9.17) is 5.73 Å². The summed E-state index contributed by atoms with van der Waals surface area (Å²) in [6.45, 7) is 3.44. The first-order valence-electron chi connectivity index (χ1n) is 4.53. The fourth-order valence-corrected chi connectivity index (χ4v) is 2.11. The van der Waals surface area contributed by atoms with Gasteiger partial charge >= 0.3 is 0 Å². The molecule has 0 spiro atoms. The first kappa shape index (κ1) is 9.90. The molecule has 1 nitrogen and oxygen atoms in total. The van der Waals surface area contributed by atoms with Crippen LogP contribution in [0.1, 0.15) is 39.5 Å². The van der Waals surface area contributed by atoms with Gasteiger partial charge < -0.3 is 5.73 Å². The zero-order chi connectivity index (χ0) is 9.41. The first-order chi connectivity index (χ1) is 5.46. The van der Waals surface area contributed by atoms with Gasteiger partial charge in [0.05, 0.1) is 5.54 Å². The summed E-state index contributed by atoms with van der Waals surface area (Å²) in [5.41, 5.74) is 4.08. The molecule has 1 aliphatic carbocycles. The van der Waals surface area contributed by atoms with Crippen molar-refractivity contribution in [2.45, 2.75) is 51.5 Å². The van der Waals surface area contributed by atoms with E-state index in [9.17, 15) is 8.78 Å². The van der Waals surface area contributed by atoms with Gasteiger partial charge in [-0.2, -0.15) is 0 Å². The van der Waals surface area contributed by atoms with Crippen molar-refractivity contribution in [2.24, 2.45) is 11.1 Å². The van der Waals surface area contributed by atoms with Gasteiger partial charge in [0.25, 0.3) is 6.43 Å². The van der Waals surface area contributed by atoms with Crippen molar-refractivity contribution in [2.75, 3.05) is 0 Å². The highest BCUT2D eigenvalue weighted by Crippen LogP contribution is 2.52. The fourth-order valence-electron chi connectivity index (χ4n) is 2.11. The maximum absolute atomic E-state index is 12.6. The van der Waals surface area contributed by atoms with E-state index in [1.165, 1.54) is 6.92 Å². The lowest BCUT2D eigenvalue weighted by atomic mass is 9.56. The van der Waals surface area contributed by atoms with E-state index >= 15 is 0 Å². The second-order valence-electron chi connectivity index (χ2n) is 4.07. The smallest absolute Gasteiger partial charge is 0.256 e. The van der Waals surface area contributed by atoms with Gasteiger partial charge in [-0.3, -0.25) is 0 Å². The highest BCUT2D eigenvalue weighted by atomic mass is 19.3. The molecule has 0 saturated heterocycles. The molecule has 2 N–H and O–H groups in total. The second kappa shape index (κ2) is 2.95. The Bertz CT molecular complexity index is 156. The summed E-state index contributed by atoms with van der Waals surface area (Å²) in [5.74, 6) is 0. The molecule has 0 aromatic carbocycles. The third-order valence-corrected chi connectivity index (χ3v) is 3.58. The van der Waals surface area contributed by atoms with Crippen LogP contribution in [0.15, 0.2) is 0 Å². The Morgan fingerprint density at radius 1 is 1.50 bits per heavy atom. The molecule has 0 heterocycles. The lowest BCUT2D eigenvalue weighted by Crippen LogP contribution is -2.61. The van der Waals surface area contributed by atoms with E-state index in [2.05, 4.69) is 0 Å². The van der Waals surface area contributed by atoms with Crippen LogP contribution in [0.25, 0.3) is 0 Å². The number of nitrogens with two attached hydrogens (primary N) is 1. The average molecular weight is 177 g/mol. The molecule has 0 radical (unpaired) electrons. The predicted octanol–water partition coefficient (Wildman–Crippen LogP) is 2.55. The van der Waals surface area contributed by atoms with Crippen molar-refractivity contribution in [3.8, 4) is 0 Å². The molecule has 1 unspecified atom stereocenters. The molecule has 0 amide bonds. The molecule has 72 valence electrons. The topological polar surface area (TPSA) is 26.0 Å². The van der Waals surface area contributed by atoms with Gasteiger partial charge in [-0.25, -0.2) is 8.78 Å². The van der Waals surface area contributed by atoms with Gasteiger partial charge in [-0.05, 0) is 31.6 Å². The van der Waals surface area contributed by atoms with E-state index in [1.54, 1.807) is 0 Å². The molecular weight excluding hydrogens is 160 g/mol. The molecule has 0 bridgehead atoms. The van der Waals surface area contributed by atoms with Crippen LogP contribution < -0.4 is 5.73 Å². The Labute approximate surface area is 72.3 Å². The van der Waals surface area contributed by atoms with Gasteiger partial charge in [-0.1, -0.05) is 13.3 Å². The molecule has 1 atom stereocenters. The summed E-state index contributed by atoms with van der Waals surface area (Å²) in [5, 5.41) is 0. The minimum Gasteiger partial charge on any atom is -0.320 e. The molecule has 1 saturated carbocycles. The van der Waals surface area contributed by atoms with E-state index in [0.717, 1.165) is 25.7 Å². The lowest BCUT2D eigenvalue weighted by molar-refractivity contribution is -0.0680. The van der Waals surface area contributed by atoms with Crippen molar-refractivity contribution in [3.63, 3.8) is 0 Å². The van der Waals surface area contributed by atoms with Gasteiger partial charge in [0.1, 0.15) is 0 Å². The molecule has 1 rings (SSSR count). The molecule has 1 fully saturated rings. The van der Waals surface area contributed by atoms with Crippen LogP contribution in [-0.4, -0.2) is 12.0 Å². The minimum atomic E-state index is -2.40. The summed E-state index contributed by atoms with van der Waals surface area (Å²) in [6, 6.07) is 0. The number of hydrogen-bond donors (Lipinski definition) is 1. The Hall–Kier alpha value is -0.180. The first-order valence-corrected chi connectivity index (χ1v) is 4.53. The highest BCUT2D eigenvalue weighted by Gasteiger charge is 2.53. The van der Waals surface area contributed by atoms with Crippen molar-refractivity contribution in [1.29, 1.82) is 0 Å². The van der Waals surface area contributed by atoms with Crippen LogP contribution in [0.2, 0.25) is 0 Å². The molecule has 3 heteroatoms. The summed E-state index contributed by atoms with van der Waals surface area (Å²) in [4.78, 5) is 0. The predicted molar refractivity (Wildman–Crippen MR) is 45.2 cm³/mol. The molecule has 0 aliphatic heterocycles. The molecule has 0 aromatic heterocycles. The maximum atomic E-state index is 12.6. The number of halogens is 2. The Kier molecular flexibility index (Phi) is 2.43. The van der Waals surface area contributed by atoms with Crippen LogP contribution in [0.5, 0.6) is 0 Å². The zero-order valence-electron chi connectivity index (χ0n) is 7.74. The fraction of sp³-hybridized carbons (Fsp3) is 1.00. The van der Waals surface area contributed by atoms with Gasteiger partial charge in [0, 0.05) is 0 Å². The molecule has 1 aliphatic rings. The molecule has 12 heavy (non-hydrogen) atoms. The summed E-state index contributed by atoms with van der Waals surface area (Å²) >= 11 is 0. The van der Waals surface area contributed by atoms with Crippen LogP contribution in [0, 0.1) is 5.41 Å². The number of rotatable bonds is 3. The second-order valence-corrected chi connectivity index (χ2v) is 4.07. The maximum Gasteiger partial charge on any atom is 0.256 e. The number of hydrogen-bond acceptors (Lipinski definition) is 1. The van der Waals surface area contributed by atoms with Crippen molar-refractivity contribution >= 4 is 0 Å². The standard InChI is InChI=1S/C9H17F2N/c1-3-9(5-4-6-9)8(2,12)7(10)11/h7H,3-6,12H2,1-2H3. The highest BCUT2D eigenvalue weighted by molar-refractivity contribution is 5.05.